The normalized spacial score (nSPS) is 23.4. The molecule has 1 aromatic rings. The summed E-state index contributed by atoms with van der Waals surface area (Å²) in [7, 11) is 0. The van der Waals surface area contributed by atoms with Crippen LogP contribution < -0.4 is 10.5 Å². The molecule has 5 heteroatoms. The van der Waals surface area contributed by atoms with E-state index >= 15 is 0 Å². The number of anilines is 1. The van der Waals surface area contributed by atoms with Gasteiger partial charge in [0.05, 0.1) is 17.7 Å². The fourth-order valence-electron chi connectivity index (χ4n) is 2.20. The lowest BCUT2D eigenvalue weighted by atomic mass is 9.87. The Morgan fingerprint density at radius 3 is 2.72 bits per heavy atom. The van der Waals surface area contributed by atoms with Crippen molar-refractivity contribution >= 4 is 5.69 Å². The number of nitriles is 1. The molecule has 0 spiro atoms. The second kappa shape index (κ2) is 5.21. The Kier molecular flexibility index (Phi) is 3.66. The van der Waals surface area contributed by atoms with Crippen LogP contribution in [0.15, 0.2) is 12.1 Å². The molecular formula is C13H14F2N2O. The monoisotopic (exact) mass is 252 g/mol. The van der Waals surface area contributed by atoms with E-state index in [0.29, 0.717) is 6.42 Å². The summed E-state index contributed by atoms with van der Waals surface area (Å²) in [5.41, 5.74) is 5.63. The molecule has 3 nitrogen and oxygen atoms in total. The van der Waals surface area contributed by atoms with E-state index in [4.69, 9.17) is 15.7 Å². The molecule has 0 radical (unpaired) electrons. The Hall–Kier alpha value is -1.83. The molecule has 2 N–H and O–H groups in total. The average Bonchev–Trinajstić information content (AvgIpc) is 2.39. The summed E-state index contributed by atoms with van der Waals surface area (Å²) in [6.45, 7) is 0. The van der Waals surface area contributed by atoms with Crippen molar-refractivity contribution < 1.29 is 13.5 Å². The predicted octanol–water partition coefficient (Wildman–Crippen LogP) is 3.01. The second-order valence-corrected chi connectivity index (χ2v) is 4.46. The molecule has 1 aliphatic carbocycles. The first-order valence-corrected chi connectivity index (χ1v) is 5.93. The van der Waals surface area contributed by atoms with E-state index in [1.54, 1.807) is 0 Å². The summed E-state index contributed by atoms with van der Waals surface area (Å²) in [6, 6.07) is 4.37. The number of hydrogen-bond donors (Lipinski definition) is 1. The molecule has 0 heterocycles. The molecule has 0 saturated heterocycles. The molecule has 0 bridgehead atoms. The summed E-state index contributed by atoms with van der Waals surface area (Å²) in [6.07, 6.45) is 2.84. The second-order valence-electron chi connectivity index (χ2n) is 4.46. The van der Waals surface area contributed by atoms with Crippen molar-refractivity contribution in [2.45, 2.75) is 31.8 Å². The third-order valence-electron chi connectivity index (χ3n) is 3.22. The van der Waals surface area contributed by atoms with Gasteiger partial charge in [0.1, 0.15) is 6.10 Å². The van der Waals surface area contributed by atoms with Gasteiger partial charge < -0.3 is 10.5 Å². The zero-order valence-electron chi connectivity index (χ0n) is 9.83. The fraction of sp³-hybridized carbons (Fsp3) is 0.462. The van der Waals surface area contributed by atoms with E-state index in [1.807, 2.05) is 0 Å². The molecular weight excluding hydrogens is 238 g/mol. The molecule has 1 fully saturated rings. The molecule has 1 aliphatic rings. The zero-order valence-corrected chi connectivity index (χ0v) is 9.83. The van der Waals surface area contributed by atoms with Gasteiger partial charge in [-0.15, -0.1) is 0 Å². The molecule has 2 unspecified atom stereocenters. The maximum absolute atomic E-state index is 13.6. The van der Waals surface area contributed by atoms with Crippen LogP contribution in [0.3, 0.4) is 0 Å². The lowest BCUT2D eigenvalue weighted by Gasteiger charge is -2.28. The van der Waals surface area contributed by atoms with Crippen molar-refractivity contribution in [2.24, 2.45) is 5.92 Å². The van der Waals surface area contributed by atoms with E-state index in [9.17, 15) is 8.78 Å². The highest BCUT2D eigenvalue weighted by molar-refractivity contribution is 5.53. The average molecular weight is 252 g/mol. The third kappa shape index (κ3) is 2.37. The minimum Gasteiger partial charge on any atom is -0.484 e. The van der Waals surface area contributed by atoms with E-state index in [2.05, 4.69) is 6.07 Å². The fourth-order valence-corrected chi connectivity index (χ4v) is 2.20. The number of hydrogen-bond acceptors (Lipinski definition) is 3. The molecule has 18 heavy (non-hydrogen) atoms. The van der Waals surface area contributed by atoms with Gasteiger partial charge in [-0.25, -0.2) is 4.39 Å². The molecule has 2 atom stereocenters. The summed E-state index contributed by atoms with van der Waals surface area (Å²) in [5.74, 6) is -2.65. The lowest BCUT2D eigenvalue weighted by molar-refractivity contribution is 0.115. The van der Waals surface area contributed by atoms with Crippen LogP contribution in [0.1, 0.15) is 25.7 Å². The summed E-state index contributed by atoms with van der Waals surface area (Å²) < 4.78 is 32.1. The first-order chi connectivity index (χ1) is 8.63. The van der Waals surface area contributed by atoms with Crippen molar-refractivity contribution in [2.75, 3.05) is 5.73 Å². The summed E-state index contributed by atoms with van der Waals surface area (Å²) in [5, 5.41) is 9.00. The van der Waals surface area contributed by atoms with Gasteiger partial charge in [0.2, 0.25) is 5.82 Å². The van der Waals surface area contributed by atoms with Crippen LogP contribution in [0.5, 0.6) is 5.75 Å². The summed E-state index contributed by atoms with van der Waals surface area (Å²) >= 11 is 0. The number of halogens is 2. The highest BCUT2D eigenvalue weighted by Crippen LogP contribution is 2.33. The maximum Gasteiger partial charge on any atom is 0.202 e. The minimum atomic E-state index is -1.09. The highest BCUT2D eigenvalue weighted by atomic mass is 19.2. The van der Waals surface area contributed by atoms with Crippen LogP contribution in [0, 0.1) is 28.9 Å². The predicted molar refractivity (Wildman–Crippen MR) is 62.8 cm³/mol. The largest absolute Gasteiger partial charge is 0.484 e. The number of nitrogens with two attached hydrogens (primary N) is 1. The topological polar surface area (TPSA) is 59.0 Å². The van der Waals surface area contributed by atoms with Crippen LogP contribution in [0.4, 0.5) is 14.5 Å². The van der Waals surface area contributed by atoms with Crippen molar-refractivity contribution in [3.8, 4) is 11.8 Å². The lowest BCUT2D eigenvalue weighted by Crippen LogP contribution is -2.30. The Bertz CT molecular complexity index is 485. The number of rotatable bonds is 2. The quantitative estimate of drug-likeness (QED) is 0.823. The Labute approximate surface area is 104 Å². The molecule has 0 amide bonds. The van der Waals surface area contributed by atoms with Gasteiger partial charge in [0.15, 0.2) is 11.6 Å². The molecule has 0 aromatic heterocycles. The van der Waals surface area contributed by atoms with E-state index in [1.165, 1.54) is 6.07 Å². The molecule has 1 aromatic carbocycles. The highest BCUT2D eigenvalue weighted by Gasteiger charge is 2.28. The Morgan fingerprint density at radius 1 is 1.28 bits per heavy atom. The molecule has 0 aliphatic heterocycles. The molecule has 2 rings (SSSR count). The van der Waals surface area contributed by atoms with Gasteiger partial charge >= 0.3 is 0 Å². The van der Waals surface area contributed by atoms with Crippen molar-refractivity contribution in [1.29, 1.82) is 5.26 Å². The molecule has 96 valence electrons. The number of nitrogen functional groups attached to an aromatic ring is 1. The number of ether oxygens (including phenoxy) is 1. The van der Waals surface area contributed by atoms with E-state index in [0.717, 1.165) is 25.3 Å². The first-order valence-electron chi connectivity index (χ1n) is 5.93. The SMILES string of the molecule is N#CC1CCCCC1Oc1c(N)ccc(F)c1F. The van der Waals surface area contributed by atoms with Crippen molar-refractivity contribution in [3.63, 3.8) is 0 Å². The maximum atomic E-state index is 13.6. The van der Waals surface area contributed by atoms with Gasteiger partial charge in [-0.1, -0.05) is 6.42 Å². The smallest absolute Gasteiger partial charge is 0.202 e. The number of nitrogens with zero attached hydrogens (tertiary/aromatic N) is 1. The zero-order chi connectivity index (χ0) is 13.1. The van der Waals surface area contributed by atoms with Crippen LogP contribution in [0.2, 0.25) is 0 Å². The van der Waals surface area contributed by atoms with Gasteiger partial charge in [-0.2, -0.15) is 9.65 Å². The Balaban J connectivity index is 2.23. The first kappa shape index (κ1) is 12.6. The van der Waals surface area contributed by atoms with Crippen LogP contribution in [0.25, 0.3) is 0 Å². The van der Waals surface area contributed by atoms with E-state index < -0.39 is 17.7 Å². The standard InChI is InChI=1S/C13H14F2N2O/c14-9-5-6-10(17)13(12(9)15)18-11-4-2-1-3-8(11)7-16/h5-6,8,11H,1-4,17H2. The van der Waals surface area contributed by atoms with Crippen molar-refractivity contribution in [3.05, 3.63) is 23.8 Å². The van der Waals surface area contributed by atoms with Gasteiger partial charge in [-0.3, -0.25) is 0 Å². The van der Waals surface area contributed by atoms with Gasteiger partial charge in [0.25, 0.3) is 0 Å². The van der Waals surface area contributed by atoms with E-state index in [-0.39, 0.29) is 17.4 Å². The minimum absolute atomic E-state index is 0.0520. The summed E-state index contributed by atoms with van der Waals surface area (Å²) in [4.78, 5) is 0. The third-order valence-corrected chi connectivity index (χ3v) is 3.22. The Morgan fingerprint density at radius 2 is 2.00 bits per heavy atom. The van der Waals surface area contributed by atoms with Crippen molar-refractivity contribution in [1.82, 2.24) is 0 Å². The van der Waals surface area contributed by atoms with Crippen LogP contribution in [-0.2, 0) is 0 Å². The number of benzene rings is 1. The van der Waals surface area contributed by atoms with Gasteiger partial charge in [0, 0.05) is 0 Å². The van der Waals surface area contributed by atoms with Crippen LogP contribution in [-0.4, -0.2) is 6.10 Å². The van der Waals surface area contributed by atoms with Gasteiger partial charge in [-0.05, 0) is 31.4 Å². The van der Waals surface area contributed by atoms with Crippen LogP contribution >= 0.6 is 0 Å². The molecule has 1 saturated carbocycles.